The van der Waals surface area contributed by atoms with Crippen molar-refractivity contribution in [1.29, 1.82) is 0 Å². The Kier molecular flexibility index (Phi) is 5.91. The summed E-state index contributed by atoms with van der Waals surface area (Å²) in [7, 11) is 1.81. The van der Waals surface area contributed by atoms with Gasteiger partial charge >= 0.3 is 11.9 Å². The van der Waals surface area contributed by atoms with E-state index in [1.807, 2.05) is 13.1 Å². The van der Waals surface area contributed by atoms with Crippen molar-refractivity contribution in [2.24, 2.45) is 0 Å². The highest BCUT2D eigenvalue weighted by Crippen LogP contribution is 2.68. The van der Waals surface area contributed by atoms with Gasteiger partial charge in [0.05, 0.1) is 30.0 Å². The van der Waals surface area contributed by atoms with Gasteiger partial charge in [0, 0.05) is 50.7 Å². The monoisotopic (exact) mass is 560 g/mol. The van der Waals surface area contributed by atoms with Crippen LogP contribution in [0, 0.1) is 6.92 Å². The van der Waals surface area contributed by atoms with Gasteiger partial charge in [-0.15, -0.1) is 0 Å². The van der Waals surface area contributed by atoms with Crippen molar-refractivity contribution in [3.05, 3.63) is 53.0 Å². The molecule has 0 unspecified atom stereocenters. The fourth-order valence-corrected chi connectivity index (χ4v) is 8.53. The van der Waals surface area contributed by atoms with Gasteiger partial charge in [-0.25, -0.2) is 0 Å². The molecular weight excluding hydrogens is 524 g/mol. The van der Waals surface area contributed by atoms with Crippen molar-refractivity contribution in [2.45, 2.75) is 94.5 Å². The van der Waals surface area contributed by atoms with Crippen LogP contribution in [0.3, 0.4) is 0 Å². The second kappa shape index (κ2) is 9.21. The third kappa shape index (κ3) is 3.74. The summed E-state index contributed by atoms with van der Waals surface area (Å²) in [6.07, 6.45) is 11.0. The summed E-state index contributed by atoms with van der Waals surface area (Å²) < 4.78 is 24.3. The summed E-state index contributed by atoms with van der Waals surface area (Å²) in [6, 6.07) is 3.93. The lowest BCUT2D eigenvalue weighted by Crippen LogP contribution is -2.79. The molecule has 2 aromatic rings. The van der Waals surface area contributed by atoms with E-state index in [0.717, 1.165) is 48.9 Å². The molecule has 41 heavy (non-hydrogen) atoms. The van der Waals surface area contributed by atoms with Crippen molar-refractivity contribution in [3.8, 4) is 11.5 Å². The predicted octanol–water partition coefficient (Wildman–Crippen LogP) is 3.94. The molecule has 9 heteroatoms. The zero-order valence-corrected chi connectivity index (χ0v) is 24.0. The fourth-order valence-electron chi connectivity index (χ4n) is 8.53. The van der Waals surface area contributed by atoms with Crippen molar-refractivity contribution in [3.63, 3.8) is 0 Å². The van der Waals surface area contributed by atoms with Crippen molar-refractivity contribution < 1.29 is 33.0 Å². The Hall–Kier alpha value is -3.59. The lowest BCUT2D eigenvalue weighted by Gasteiger charge is -2.65. The van der Waals surface area contributed by atoms with Crippen LogP contribution < -0.4 is 9.47 Å². The third-order valence-corrected chi connectivity index (χ3v) is 10.2. The number of ether oxygens (including phenoxy) is 3. The molecule has 1 amide bonds. The lowest BCUT2D eigenvalue weighted by atomic mass is 9.47. The first kappa shape index (κ1) is 26.3. The minimum absolute atomic E-state index is 0.0124. The third-order valence-electron chi connectivity index (χ3n) is 10.2. The number of amides is 1. The van der Waals surface area contributed by atoms with E-state index in [1.54, 1.807) is 35.6 Å². The summed E-state index contributed by atoms with van der Waals surface area (Å²) in [6.45, 7) is 5.79. The van der Waals surface area contributed by atoms with Gasteiger partial charge < -0.3 is 23.5 Å². The molecule has 2 saturated carbocycles. The molecule has 3 heterocycles. The Bertz CT molecular complexity index is 1460. The Morgan fingerprint density at radius 1 is 1.15 bits per heavy atom. The topological polar surface area (TPSA) is 98.5 Å². The first-order valence-corrected chi connectivity index (χ1v) is 14.6. The van der Waals surface area contributed by atoms with Gasteiger partial charge in [0.25, 0.3) is 0 Å². The molecular formula is C32H36N2O7. The number of likely N-dealkylation sites (N-methyl/N-ethyl adjacent to an activating group) is 1. The van der Waals surface area contributed by atoms with E-state index in [4.69, 9.17) is 18.6 Å². The maximum Gasteiger partial charge on any atom is 0.308 e. The molecule has 3 aliphatic carbocycles. The second-order valence-corrected chi connectivity index (χ2v) is 12.3. The van der Waals surface area contributed by atoms with Crippen LogP contribution in [0.1, 0.15) is 68.2 Å². The van der Waals surface area contributed by atoms with E-state index in [9.17, 15) is 14.4 Å². The number of hydrogen-bond donors (Lipinski definition) is 0. The summed E-state index contributed by atoms with van der Waals surface area (Å²) in [5.41, 5.74) is 2.55. The average Bonchev–Trinajstić information content (AvgIpc) is 3.49. The molecule has 2 aliphatic heterocycles. The van der Waals surface area contributed by atoms with Crippen molar-refractivity contribution in [2.75, 3.05) is 13.6 Å². The van der Waals surface area contributed by atoms with E-state index >= 15 is 0 Å². The predicted molar refractivity (Wildman–Crippen MR) is 148 cm³/mol. The Morgan fingerprint density at radius 2 is 1.95 bits per heavy atom. The largest absolute Gasteiger partial charge is 0.483 e. The van der Waals surface area contributed by atoms with Gasteiger partial charge in [0.1, 0.15) is 11.7 Å². The Labute approximate surface area is 239 Å². The molecule has 2 bridgehead atoms. The zero-order chi connectivity index (χ0) is 28.7. The maximum absolute atomic E-state index is 13.5. The van der Waals surface area contributed by atoms with Gasteiger partial charge in [-0.05, 0) is 74.8 Å². The number of likely N-dealkylation sites (tertiary alicyclic amines) is 1. The summed E-state index contributed by atoms with van der Waals surface area (Å²) >= 11 is 0. The highest BCUT2D eigenvalue weighted by Gasteiger charge is 2.76. The minimum atomic E-state index is -0.809. The van der Waals surface area contributed by atoms with E-state index in [1.165, 1.54) is 19.4 Å². The Morgan fingerprint density at radius 3 is 2.63 bits per heavy atom. The van der Waals surface area contributed by atoms with Crippen LogP contribution in [0.4, 0.5) is 0 Å². The van der Waals surface area contributed by atoms with Gasteiger partial charge in [0.15, 0.2) is 11.5 Å². The minimum Gasteiger partial charge on any atom is -0.483 e. The van der Waals surface area contributed by atoms with Gasteiger partial charge in [-0.1, -0.05) is 0 Å². The number of piperidine rings is 1. The first-order chi connectivity index (χ1) is 19.7. The van der Waals surface area contributed by atoms with Crippen LogP contribution in [0.25, 0.3) is 6.08 Å². The van der Waals surface area contributed by atoms with Crippen LogP contribution in [-0.2, 0) is 31.0 Å². The molecule has 5 atom stereocenters. The smallest absolute Gasteiger partial charge is 0.308 e. The zero-order valence-electron chi connectivity index (χ0n) is 24.0. The number of rotatable bonds is 6. The van der Waals surface area contributed by atoms with Gasteiger partial charge in [-0.2, -0.15) is 0 Å². The number of carbonyl (C=O) groups is 3. The molecule has 1 spiro atoms. The standard InChI is InChI=1S/C32H36N2O7/c1-18-15-25(39-19(2)35)29-28-23(18)16-26-32(41-20(3)36)11-9-24(33(4)27(37)8-5-21-10-14-38-17-21)30(40-29)31(28,32)12-13-34(26)22-6-7-22/h5,8,10,14-15,17,22,24,26,30H,6-7,9,11-13,16H2,1-4H3/b8-5+/t24-,26+,30-,31-,32+/m0/s1. The maximum atomic E-state index is 13.5. The normalized spacial score (nSPS) is 31.4. The number of nitrogens with zero attached hydrogens (tertiary/aromatic N) is 2. The summed E-state index contributed by atoms with van der Waals surface area (Å²) in [4.78, 5) is 42.9. The molecule has 216 valence electrons. The molecule has 9 nitrogen and oxygen atoms in total. The number of aryl methyl sites for hydroxylation is 1. The van der Waals surface area contributed by atoms with Crippen molar-refractivity contribution >= 4 is 23.9 Å². The molecule has 3 fully saturated rings. The molecule has 0 N–H and O–H groups in total. The fraction of sp³-hybridized carbons (Fsp3) is 0.531. The molecule has 1 aromatic heterocycles. The van der Waals surface area contributed by atoms with Gasteiger partial charge in [-0.3, -0.25) is 19.3 Å². The molecule has 5 aliphatic rings. The quantitative estimate of drug-likeness (QED) is 0.298. The highest BCUT2D eigenvalue weighted by atomic mass is 16.6. The second-order valence-electron chi connectivity index (χ2n) is 12.3. The number of esters is 2. The van der Waals surface area contributed by atoms with E-state index in [-0.39, 0.29) is 24.0 Å². The van der Waals surface area contributed by atoms with E-state index in [2.05, 4.69) is 11.8 Å². The van der Waals surface area contributed by atoms with Crippen LogP contribution in [0.2, 0.25) is 0 Å². The van der Waals surface area contributed by atoms with Gasteiger partial charge in [0.2, 0.25) is 5.91 Å². The van der Waals surface area contributed by atoms with Crippen LogP contribution >= 0.6 is 0 Å². The van der Waals surface area contributed by atoms with E-state index in [0.29, 0.717) is 30.4 Å². The van der Waals surface area contributed by atoms with E-state index < -0.39 is 23.1 Å². The molecule has 7 rings (SSSR count). The average molecular weight is 561 g/mol. The van der Waals surface area contributed by atoms with Crippen LogP contribution in [-0.4, -0.2) is 71.1 Å². The Balaban J connectivity index is 1.38. The number of benzene rings is 1. The number of carbonyl (C=O) groups excluding carboxylic acids is 3. The van der Waals surface area contributed by atoms with Crippen molar-refractivity contribution in [1.82, 2.24) is 9.80 Å². The lowest BCUT2D eigenvalue weighted by molar-refractivity contribution is -0.224. The molecule has 0 radical (unpaired) electrons. The molecule has 1 saturated heterocycles. The first-order valence-electron chi connectivity index (χ1n) is 14.6. The summed E-state index contributed by atoms with van der Waals surface area (Å²) in [5.74, 6) is 0.0773. The van der Waals surface area contributed by atoms with Crippen LogP contribution in [0.5, 0.6) is 11.5 Å². The number of furan rings is 1. The number of hydrogen-bond acceptors (Lipinski definition) is 8. The summed E-state index contributed by atoms with van der Waals surface area (Å²) in [5, 5.41) is 0. The molecule has 1 aromatic carbocycles. The SMILES string of the molecule is CC(=O)Oc1cc(C)c2c3c1O[C@H]1[C@@H](N(C)C(=O)/C=C/c4ccoc4)CC[C@@]4(OC(C)=O)[C@@H](C2)N(C2CC2)CC[C@]314. The highest BCUT2D eigenvalue weighted by molar-refractivity contribution is 5.92. The van der Waals surface area contributed by atoms with Crippen LogP contribution in [0.15, 0.2) is 35.2 Å².